The third kappa shape index (κ3) is 2.80. The summed E-state index contributed by atoms with van der Waals surface area (Å²) in [6, 6.07) is 1.66. The van der Waals surface area contributed by atoms with Crippen molar-refractivity contribution in [3.8, 4) is 0 Å². The van der Waals surface area contributed by atoms with Crippen LogP contribution in [0.2, 0.25) is 5.28 Å². The highest BCUT2D eigenvalue weighted by Crippen LogP contribution is 2.26. The molecule has 0 aromatic carbocycles. The van der Waals surface area contributed by atoms with Gasteiger partial charge in [-0.15, -0.1) is 0 Å². The van der Waals surface area contributed by atoms with Crippen LogP contribution in [0.15, 0.2) is 18.5 Å². The predicted octanol–water partition coefficient (Wildman–Crippen LogP) is 2.25. The summed E-state index contributed by atoms with van der Waals surface area (Å²) in [5, 5.41) is 8.37. The lowest BCUT2D eigenvalue weighted by Gasteiger charge is -2.08. The van der Waals surface area contributed by atoms with E-state index in [9.17, 15) is 4.79 Å². The maximum atomic E-state index is 11.6. The molecule has 0 unspecified atom stereocenters. The molecule has 0 bridgehead atoms. The normalized spacial score (nSPS) is 10.8. The van der Waals surface area contributed by atoms with Gasteiger partial charge in [-0.3, -0.25) is 4.98 Å². The summed E-state index contributed by atoms with van der Waals surface area (Å²) < 4.78 is 6.30. The standard InChI is InChI=1S/C14H13ClN6O2/c1-7-10(4-8(5-16-7)13(22)23-3)18-11-9-6-17-14(15)19-12(9)21(2)20-11/h4-6H,1-3H3,(H,18,20). The first-order valence-electron chi connectivity index (χ1n) is 6.67. The Morgan fingerprint density at radius 3 is 2.87 bits per heavy atom. The molecule has 0 aliphatic rings. The van der Waals surface area contributed by atoms with Gasteiger partial charge in [-0.2, -0.15) is 10.1 Å². The molecule has 0 fully saturated rings. The fraction of sp³-hybridized carbons (Fsp3) is 0.214. The molecule has 0 spiro atoms. The van der Waals surface area contributed by atoms with E-state index in [2.05, 4.69) is 25.4 Å². The number of methoxy groups -OCH3 is 1. The zero-order valence-electron chi connectivity index (χ0n) is 12.7. The quantitative estimate of drug-likeness (QED) is 0.580. The van der Waals surface area contributed by atoms with Crippen molar-refractivity contribution < 1.29 is 9.53 Å². The first-order valence-corrected chi connectivity index (χ1v) is 7.04. The molecule has 3 rings (SSSR count). The lowest BCUT2D eigenvalue weighted by Crippen LogP contribution is -2.05. The summed E-state index contributed by atoms with van der Waals surface area (Å²) in [5.41, 5.74) is 2.30. The third-order valence-corrected chi connectivity index (χ3v) is 3.49. The van der Waals surface area contributed by atoms with E-state index in [1.807, 2.05) is 6.92 Å². The van der Waals surface area contributed by atoms with E-state index in [-0.39, 0.29) is 5.28 Å². The second-order valence-electron chi connectivity index (χ2n) is 4.82. The van der Waals surface area contributed by atoms with E-state index in [4.69, 9.17) is 16.3 Å². The number of fused-ring (bicyclic) bond motifs is 1. The first-order chi connectivity index (χ1) is 11.0. The van der Waals surface area contributed by atoms with Gasteiger partial charge in [-0.25, -0.2) is 14.5 Å². The van der Waals surface area contributed by atoms with Crippen LogP contribution in [-0.4, -0.2) is 37.8 Å². The van der Waals surface area contributed by atoms with Crippen LogP contribution >= 0.6 is 11.6 Å². The summed E-state index contributed by atoms with van der Waals surface area (Å²) in [5.74, 6) is 0.0904. The fourth-order valence-corrected chi connectivity index (χ4v) is 2.25. The summed E-state index contributed by atoms with van der Waals surface area (Å²) in [4.78, 5) is 24.0. The number of hydrogen-bond donors (Lipinski definition) is 1. The zero-order valence-corrected chi connectivity index (χ0v) is 13.4. The Morgan fingerprint density at radius 2 is 2.13 bits per heavy atom. The van der Waals surface area contributed by atoms with Crippen molar-refractivity contribution in [2.75, 3.05) is 12.4 Å². The van der Waals surface area contributed by atoms with Gasteiger partial charge in [0.1, 0.15) is 0 Å². The van der Waals surface area contributed by atoms with Gasteiger partial charge in [0, 0.05) is 19.4 Å². The van der Waals surface area contributed by atoms with E-state index in [0.717, 1.165) is 0 Å². The number of aryl methyl sites for hydroxylation is 2. The topological polar surface area (TPSA) is 94.8 Å². The van der Waals surface area contributed by atoms with Crippen molar-refractivity contribution in [3.05, 3.63) is 35.0 Å². The van der Waals surface area contributed by atoms with Gasteiger partial charge in [0.2, 0.25) is 5.28 Å². The number of esters is 1. The molecule has 0 saturated carbocycles. The van der Waals surface area contributed by atoms with Gasteiger partial charge in [0.05, 0.1) is 29.4 Å². The SMILES string of the molecule is COC(=O)c1cnc(C)c(Nc2nn(C)c3nc(Cl)ncc23)c1. The van der Waals surface area contributed by atoms with E-state index < -0.39 is 5.97 Å². The average molecular weight is 333 g/mol. The highest BCUT2D eigenvalue weighted by molar-refractivity contribution is 6.28. The highest BCUT2D eigenvalue weighted by Gasteiger charge is 2.14. The molecule has 3 heterocycles. The Kier molecular flexibility index (Phi) is 3.83. The largest absolute Gasteiger partial charge is 0.465 e. The number of carbonyl (C=O) groups excluding carboxylic acids is 1. The number of rotatable bonds is 3. The van der Waals surface area contributed by atoms with E-state index >= 15 is 0 Å². The van der Waals surface area contributed by atoms with Gasteiger partial charge in [0.15, 0.2) is 11.5 Å². The van der Waals surface area contributed by atoms with Gasteiger partial charge in [-0.1, -0.05) is 0 Å². The van der Waals surface area contributed by atoms with Crippen LogP contribution in [0, 0.1) is 6.92 Å². The molecule has 8 nitrogen and oxygen atoms in total. The summed E-state index contributed by atoms with van der Waals surface area (Å²) in [6.45, 7) is 1.82. The molecule has 23 heavy (non-hydrogen) atoms. The Bertz CT molecular complexity index is 908. The number of anilines is 2. The van der Waals surface area contributed by atoms with Crippen LogP contribution in [0.3, 0.4) is 0 Å². The van der Waals surface area contributed by atoms with Crippen molar-refractivity contribution in [1.82, 2.24) is 24.7 Å². The third-order valence-electron chi connectivity index (χ3n) is 3.31. The molecule has 1 N–H and O–H groups in total. The summed E-state index contributed by atoms with van der Waals surface area (Å²) in [7, 11) is 3.08. The number of pyridine rings is 1. The van der Waals surface area contributed by atoms with E-state index in [1.165, 1.54) is 13.3 Å². The molecule has 3 aromatic rings. The van der Waals surface area contributed by atoms with Gasteiger partial charge in [0.25, 0.3) is 0 Å². The maximum absolute atomic E-state index is 11.6. The van der Waals surface area contributed by atoms with E-state index in [1.54, 1.807) is 24.0 Å². The van der Waals surface area contributed by atoms with Crippen LogP contribution in [0.5, 0.6) is 0 Å². The molecule has 0 amide bonds. The lowest BCUT2D eigenvalue weighted by molar-refractivity contribution is 0.0600. The molecular weight excluding hydrogens is 320 g/mol. The molecular formula is C14H13ClN6O2. The molecule has 9 heteroatoms. The van der Waals surface area contributed by atoms with Crippen molar-refractivity contribution in [2.24, 2.45) is 7.05 Å². The monoisotopic (exact) mass is 332 g/mol. The molecule has 0 radical (unpaired) electrons. The number of nitrogens with zero attached hydrogens (tertiary/aromatic N) is 5. The molecule has 118 valence electrons. The lowest BCUT2D eigenvalue weighted by atomic mass is 10.2. The van der Waals surface area contributed by atoms with Crippen LogP contribution in [0.1, 0.15) is 16.1 Å². The minimum Gasteiger partial charge on any atom is -0.465 e. The van der Waals surface area contributed by atoms with Gasteiger partial charge < -0.3 is 10.1 Å². The predicted molar refractivity (Wildman–Crippen MR) is 84.9 cm³/mol. The molecule has 0 aliphatic carbocycles. The van der Waals surface area contributed by atoms with E-state index in [0.29, 0.717) is 33.8 Å². The number of ether oxygens (including phenoxy) is 1. The highest BCUT2D eigenvalue weighted by atomic mass is 35.5. The average Bonchev–Trinajstić information content (AvgIpc) is 2.84. The Labute approximate surface area is 136 Å². The number of hydrogen-bond acceptors (Lipinski definition) is 7. The maximum Gasteiger partial charge on any atom is 0.339 e. The molecule has 0 saturated heterocycles. The van der Waals surface area contributed by atoms with Crippen LogP contribution < -0.4 is 5.32 Å². The number of nitrogens with one attached hydrogen (secondary N) is 1. The van der Waals surface area contributed by atoms with Gasteiger partial charge >= 0.3 is 5.97 Å². The van der Waals surface area contributed by atoms with Crippen LogP contribution in [-0.2, 0) is 11.8 Å². The Hall–Kier alpha value is -2.74. The zero-order chi connectivity index (χ0) is 16.6. The molecule has 3 aromatic heterocycles. The van der Waals surface area contributed by atoms with Crippen LogP contribution in [0.4, 0.5) is 11.5 Å². The first kappa shape index (κ1) is 15.2. The Morgan fingerprint density at radius 1 is 1.35 bits per heavy atom. The summed E-state index contributed by atoms with van der Waals surface area (Å²) in [6.07, 6.45) is 3.05. The fourth-order valence-electron chi connectivity index (χ4n) is 2.13. The van der Waals surface area contributed by atoms with Gasteiger partial charge in [-0.05, 0) is 24.6 Å². The minimum absolute atomic E-state index is 0.151. The van der Waals surface area contributed by atoms with Crippen molar-refractivity contribution in [1.29, 1.82) is 0 Å². The summed E-state index contributed by atoms with van der Waals surface area (Å²) >= 11 is 5.81. The Balaban J connectivity index is 2.04. The number of carbonyl (C=O) groups is 1. The van der Waals surface area contributed by atoms with Crippen molar-refractivity contribution >= 4 is 40.1 Å². The second kappa shape index (κ2) is 5.81. The number of halogens is 1. The smallest absolute Gasteiger partial charge is 0.339 e. The molecule has 0 aliphatic heterocycles. The van der Waals surface area contributed by atoms with Crippen LogP contribution in [0.25, 0.3) is 11.0 Å². The molecule has 0 atom stereocenters. The minimum atomic E-state index is -0.457. The van der Waals surface area contributed by atoms with Crippen molar-refractivity contribution in [3.63, 3.8) is 0 Å². The second-order valence-corrected chi connectivity index (χ2v) is 5.16. The van der Waals surface area contributed by atoms with Crippen molar-refractivity contribution in [2.45, 2.75) is 6.92 Å². The number of aromatic nitrogens is 5.